The molecule has 0 N–H and O–H groups in total. The molecule has 0 atom stereocenters. The van der Waals surface area contributed by atoms with E-state index in [1.807, 2.05) is 32.0 Å². The average molecular weight is 481 g/mol. The second-order valence-corrected chi connectivity index (χ2v) is 8.11. The summed E-state index contributed by atoms with van der Waals surface area (Å²) in [5, 5.41) is 11.8. The minimum Gasteiger partial charge on any atom is -0.337 e. The number of hydrogen-bond donors (Lipinski definition) is 0. The standard InChI is InChI=1S/C23H18F3N7O2/c1-13-6-7-16(8-14(13)2)20-28-18(35-30-20)11-32-12-27-21-19(22(32)34)29-31-33(21)10-15-4-3-5-17(9-15)23(24,25)26/h3-9,12H,10-11H2,1-2H3. The van der Waals surface area contributed by atoms with E-state index in [0.29, 0.717) is 11.4 Å². The molecule has 9 nitrogen and oxygen atoms in total. The number of hydrogen-bond acceptors (Lipinski definition) is 7. The Morgan fingerprint density at radius 2 is 1.86 bits per heavy atom. The van der Waals surface area contributed by atoms with Crippen LogP contribution < -0.4 is 5.56 Å². The van der Waals surface area contributed by atoms with E-state index >= 15 is 0 Å². The van der Waals surface area contributed by atoms with Crippen LogP contribution in [0.1, 0.15) is 28.1 Å². The number of nitrogens with zero attached hydrogens (tertiary/aromatic N) is 7. The zero-order valence-electron chi connectivity index (χ0n) is 18.6. The molecule has 0 radical (unpaired) electrons. The normalized spacial score (nSPS) is 11.9. The van der Waals surface area contributed by atoms with Crippen LogP contribution in [-0.2, 0) is 19.3 Å². The highest BCUT2D eigenvalue weighted by molar-refractivity contribution is 5.67. The topological polar surface area (TPSA) is 105 Å². The minimum absolute atomic E-state index is 0.0200. The van der Waals surface area contributed by atoms with Gasteiger partial charge in [0.05, 0.1) is 12.1 Å². The van der Waals surface area contributed by atoms with Gasteiger partial charge in [-0.3, -0.25) is 9.36 Å². The van der Waals surface area contributed by atoms with E-state index in [1.165, 1.54) is 27.7 Å². The molecule has 0 unspecified atom stereocenters. The molecule has 0 spiro atoms. The van der Waals surface area contributed by atoms with Gasteiger partial charge in [-0.05, 0) is 48.7 Å². The van der Waals surface area contributed by atoms with Crippen LogP contribution in [0.15, 0.2) is 58.1 Å². The molecular weight excluding hydrogens is 463 g/mol. The van der Waals surface area contributed by atoms with Crippen LogP contribution >= 0.6 is 0 Å². The predicted octanol–water partition coefficient (Wildman–Crippen LogP) is 3.77. The van der Waals surface area contributed by atoms with Gasteiger partial charge < -0.3 is 4.52 Å². The molecule has 2 aromatic carbocycles. The summed E-state index contributed by atoms with van der Waals surface area (Å²) in [4.78, 5) is 21.5. The Kier molecular flexibility index (Phi) is 5.42. The Balaban J connectivity index is 1.39. The highest BCUT2D eigenvalue weighted by Gasteiger charge is 2.30. The molecule has 178 valence electrons. The van der Waals surface area contributed by atoms with E-state index < -0.39 is 17.3 Å². The van der Waals surface area contributed by atoms with Crippen molar-refractivity contribution in [3.8, 4) is 11.4 Å². The van der Waals surface area contributed by atoms with Gasteiger partial charge in [0.25, 0.3) is 5.56 Å². The van der Waals surface area contributed by atoms with Gasteiger partial charge >= 0.3 is 6.18 Å². The Morgan fingerprint density at radius 1 is 1.03 bits per heavy atom. The number of rotatable bonds is 5. The lowest BCUT2D eigenvalue weighted by Gasteiger charge is -2.08. The zero-order chi connectivity index (χ0) is 24.7. The molecule has 0 saturated heterocycles. The molecule has 5 aromatic rings. The van der Waals surface area contributed by atoms with Gasteiger partial charge in [0, 0.05) is 5.56 Å². The number of halogens is 3. The monoisotopic (exact) mass is 481 g/mol. The van der Waals surface area contributed by atoms with E-state index in [0.717, 1.165) is 28.8 Å². The first kappa shape index (κ1) is 22.4. The third-order valence-corrected chi connectivity index (χ3v) is 5.62. The van der Waals surface area contributed by atoms with Crippen molar-refractivity contribution >= 4 is 11.2 Å². The molecule has 5 rings (SSSR count). The lowest BCUT2D eigenvalue weighted by atomic mass is 10.1. The van der Waals surface area contributed by atoms with Crippen LogP contribution in [0.5, 0.6) is 0 Å². The average Bonchev–Trinajstić information content (AvgIpc) is 3.45. The summed E-state index contributed by atoms with van der Waals surface area (Å²) >= 11 is 0. The zero-order valence-corrected chi connectivity index (χ0v) is 18.6. The van der Waals surface area contributed by atoms with Gasteiger partial charge in [-0.1, -0.05) is 34.6 Å². The summed E-state index contributed by atoms with van der Waals surface area (Å²) in [7, 11) is 0. The molecule has 0 amide bonds. The summed E-state index contributed by atoms with van der Waals surface area (Å²) in [6, 6.07) is 10.7. The lowest BCUT2D eigenvalue weighted by molar-refractivity contribution is -0.137. The van der Waals surface area contributed by atoms with Crippen LogP contribution in [0.25, 0.3) is 22.6 Å². The lowest BCUT2D eigenvalue weighted by Crippen LogP contribution is -2.21. The summed E-state index contributed by atoms with van der Waals surface area (Å²) < 4.78 is 46.8. The first-order chi connectivity index (χ1) is 16.7. The van der Waals surface area contributed by atoms with Crippen molar-refractivity contribution in [3.63, 3.8) is 0 Å². The van der Waals surface area contributed by atoms with Gasteiger partial charge in [0.1, 0.15) is 12.9 Å². The van der Waals surface area contributed by atoms with E-state index in [-0.39, 0.29) is 30.1 Å². The highest BCUT2D eigenvalue weighted by Crippen LogP contribution is 2.29. The number of fused-ring (bicyclic) bond motifs is 1. The molecule has 0 aliphatic heterocycles. The molecule has 0 bridgehead atoms. The highest BCUT2D eigenvalue weighted by atomic mass is 19.4. The van der Waals surface area contributed by atoms with Crippen molar-refractivity contribution in [2.45, 2.75) is 33.1 Å². The summed E-state index contributed by atoms with van der Waals surface area (Å²) in [5.74, 6) is 0.607. The second-order valence-electron chi connectivity index (χ2n) is 8.11. The largest absolute Gasteiger partial charge is 0.416 e. The van der Waals surface area contributed by atoms with Crippen molar-refractivity contribution in [3.05, 3.63) is 87.3 Å². The van der Waals surface area contributed by atoms with Crippen LogP contribution in [0, 0.1) is 13.8 Å². The van der Waals surface area contributed by atoms with Gasteiger partial charge in [0.15, 0.2) is 11.2 Å². The molecular formula is C23H18F3N7O2. The summed E-state index contributed by atoms with van der Waals surface area (Å²) in [5.41, 5.74) is 2.26. The fourth-order valence-electron chi connectivity index (χ4n) is 3.59. The maximum atomic E-state index is 13.0. The molecule has 0 aliphatic carbocycles. The van der Waals surface area contributed by atoms with Crippen molar-refractivity contribution < 1.29 is 17.7 Å². The van der Waals surface area contributed by atoms with Crippen LogP contribution in [0.3, 0.4) is 0 Å². The van der Waals surface area contributed by atoms with Crippen molar-refractivity contribution in [2.75, 3.05) is 0 Å². The maximum absolute atomic E-state index is 13.0. The fourth-order valence-corrected chi connectivity index (χ4v) is 3.59. The van der Waals surface area contributed by atoms with Crippen LogP contribution in [0.4, 0.5) is 13.2 Å². The quantitative estimate of drug-likeness (QED) is 0.376. The first-order valence-corrected chi connectivity index (χ1v) is 10.5. The van der Waals surface area contributed by atoms with Gasteiger partial charge in [-0.25, -0.2) is 9.67 Å². The van der Waals surface area contributed by atoms with E-state index in [4.69, 9.17) is 4.52 Å². The summed E-state index contributed by atoms with van der Waals surface area (Å²) in [6.45, 7) is 3.94. The third-order valence-electron chi connectivity index (χ3n) is 5.62. The molecule has 0 fully saturated rings. The number of benzene rings is 2. The first-order valence-electron chi connectivity index (χ1n) is 10.5. The Hall–Kier alpha value is -4.35. The molecule has 0 saturated carbocycles. The number of aryl methyl sites for hydroxylation is 2. The SMILES string of the molecule is Cc1ccc(-c2noc(Cn3cnc4c(nnn4Cc4cccc(C(F)(F)F)c4)c3=O)n2)cc1C. The van der Waals surface area contributed by atoms with E-state index in [2.05, 4.69) is 25.4 Å². The smallest absolute Gasteiger partial charge is 0.337 e. The number of aromatic nitrogens is 7. The number of alkyl halides is 3. The van der Waals surface area contributed by atoms with Crippen molar-refractivity contribution in [1.29, 1.82) is 0 Å². The Labute approximate surface area is 195 Å². The van der Waals surface area contributed by atoms with Crippen LogP contribution in [-0.4, -0.2) is 34.7 Å². The van der Waals surface area contributed by atoms with Crippen molar-refractivity contribution in [1.82, 2.24) is 34.7 Å². The molecule has 3 heterocycles. The molecule has 35 heavy (non-hydrogen) atoms. The van der Waals surface area contributed by atoms with Gasteiger partial charge in [-0.2, -0.15) is 18.2 Å². The third kappa shape index (κ3) is 4.42. The van der Waals surface area contributed by atoms with E-state index in [9.17, 15) is 18.0 Å². The van der Waals surface area contributed by atoms with Crippen molar-refractivity contribution in [2.24, 2.45) is 0 Å². The maximum Gasteiger partial charge on any atom is 0.416 e. The molecule has 3 aromatic heterocycles. The molecule has 12 heteroatoms. The Morgan fingerprint density at radius 3 is 2.63 bits per heavy atom. The Bertz CT molecular complexity index is 1600. The fraction of sp³-hybridized carbons (Fsp3) is 0.217. The summed E-state index contributed by atoms with van der Waals surface area (Å²) in [6.07, 6.45) is -3.17. The second kappa shape index (κ2) is 8.46. The van der Waals surface area contributed by atoms with Gasteiger partial charge in [-0.15, -0.1) is 5.10 Å². The van der Waals surface area contributed by atoms with E-state index in [1.54, 1.807) is 0 Å². The molecule has 0 aliphatic rings. The van der Waals surface area contributed by atoms with Gasteiger partial charge in [0.2, 0.25) is 11.7 Å². The van der Waals surface area contributed by atoms with Crippen LogP contribution in [0.2, 0.25) is 0 Å². The predicted molar refractivity (Wildman–Crippen MR) is 118 cm³/mol. The minimum atomic E-state index is -4.46.